The zero-order valence-electron chi connectivity index (χ0n) is 17.4. The van der Waals surface area contributed by atoms with Gasteiger partial charge in [-0.05, 0) is 30.5 Å². The molecule has 0 N–H and O–H groups in total. The van der Waals surface area contributed by atoms with E-state index in [1.165, 1.54) is 17.1 Å². The third-order valence-electron chi connectivity index (χ3n) is 6.31. The molecule has 1 saturated carbocycles. The first-order valence-electron chi connectivity index (χ1n) is 10.2. The summed E-state index contributed by atoms with van der Waals surface area (Å²) in [4.78, 5) is 18.1. The number of benzene rings is 1. The standard InChI is InChI=1S/C23H17F4N5O/c1-31-10-14-3-2-13(6-17(14)21(31)33)20-16(7-18(24)19(8-28)30-20)15-9-29-32(11-15)12-22(4-5-22)23(25,26)27/h2-3,6-7,9,11H,4-5,10,12H2,1H3. The van der Waals surface area contributed by atoms with E-state index in [2.05, 4.69) is 10.1 Å². The summed E-state index contributed by atoms with van der Waals surface area (Å²) in [6, 6.07) is 7.97. The first-order chi connectivity index (χ1) is 15.6. The van der Waals surface area contributed by atoms with Gasteiger partial charge in [0.25, 0.3) is 5.91 Å². The van der Waals surface area contributed by atoms with Crippen molar-refractivity contribution >= 4 is 5.91 Å². The largest absolute Gasteiger partial charge is 0.396 e. The number of amides is 1. The van der Waals surface area contributed by atoms with Crippen LogP contribution in [0.15, 0.2) is 36.7 Å². The van der Waals surface area contributed by atoms with Crippen molar-refractivity contribution in [3.8, 4) is 28.5 Å². The van der Waals surface area contributed by atoms with Gasteiger partial charge in [0.05, 0.1) is 23.9 Å². The lowest BCUT2D eigenvalue weighted by molar-refractivity contribution is -0.191. The Morgan fingerprint density at radius 1 is 1.18 bits per heavy atom. The molecule has 0 spiro atoms. The molecule has 0 radical (unpaired) electrons. The molecule has 0 atom stereocenters. The monoisotopic (exact) mass is 455 g/mol. The number of nitrogens with zero attached hydrogens (tertiary/aromatic N) is 5. The van der Waals surface area contributed by atoms with Gasteiger partial charge in [0.1, 0.15) is 6.07 Å². The minimum atomic E-state index is -4.32. The Kier molecular flexibility index (Phi) is 4.57. The summed E-state index contributed by atoms with van der Waals surface area (Å²) in [5.74, 6) is -1.01. The summed E-state index contributed by atoms with van der Waals surface area (Å²) in [5.41, 5.74) is 0.502. The van der Waals surface area contributed by atoms with E-state index in [1.54, 1.807) is 36.2 Å². The van der Waals surface area contributed by atoms with Crippen LogP contribution in [0.4, 0.5) is 17.6 Å². The van der Waals surface area contributed by atoms with Crippen molar-refractivity contribution in [3.63, 3.8) is 0 Å². The number of nitriles is 1. The van der Waals surface area contributed by atoms with Gasteiger partial charge >= 0.3 is 6.18 Å². The van der Waals surface area contributed by atoms with Gasteiger partial charge in [-0.25, -0.2) is 9.37 Å². The first kappa shape index (κ1) is 21.1. The van der Waals surface area contributed by atoms with E-state index >= 15 is 0 Å². The van der Waals surface area contributed by atoms with Crippen LogP contribution >= 0.6 is 0 Å². The van der Waals surface area contributed by atoms with E-state index in [0.29, 0.717) is 23.2 Å². The van der Waals surface area contributed by atoms with Crippen LogP contribution in [0.3, 0.4) is 0 Å². The summed E-state index contributed by atoms with van der Waals surface area (Å²) in [6.07, 6.45) is -1.46. The highest BCUT2D eigenvalue weighted by Gasteiger charge is 2.63. The summed E-state index contributed by atoms with van der Waals surface area (Å²) in [5, 5.41) is 13.3. The highest BCUT2D eigenvalue weighted by Crippen LogP contribution is 2.58. The summed E-state index contributed by atoms with van der Waals surface area (Å²) >= 11 is 0. The average molecular weight is 455 g/mol. The van der Waals surface area contributed by atoms with Gasteiger partial charge in [0.15, 0.2) is 11.5 Å². The van der Waals surface area contributed by atoms with Gasteiger partial charge in [-0.1, -0.05) is 12.1 Å². The number of halogens is 4. The third-order valence-corrected chi connectivity index (χ3v) is 6.31. The molecule has 1 aliphatic carbocycles. The molecule has 168 valence electrons. The van der Waals surface area contributed by atoms with Crippen molar-refractivity contribution in [1.82, 2.24) is 19.7 Å². The molecule has 2 aromatic heterocycles. The number of alkyl halides is 3. The van der Waals surface area contributed by atoms with Crippen molar-refractivity contribution in [1.29, 1.82) is 5.26 Å². The molecule has 6 nitrogen and oxygen atoms in total. The molecule has 2 aliphatic rings. The van der Waals surface area contributed by atoms with Gasteiger partial charge in [-0.3, -0.25) is 9.48 Å². The molecule has 0 unspecified atom stereocenters. The maximum atomic E-state index is 14.5. The van der Waals surface area contributed by atoms with E-state index in [4.69, 9.17) is 0 Å². The Morgan fingerprint density at radius 3 is 2.61 bits per heavy atom. The predicted molar refractivity (Wildman–Crippen MR) is 109 cm³/mol. The van der Waals surface area contributed by atoms with Crippen LogP contribution in [0.1, 0.15) is 34.5 Å². The molecule has 33 heavy (non-hydrogen) atoms. The Morgan fingerprint density at radius 2 is 1.94 bits per heavy atom. The second kappa shape index (κ2) is 7.13. The molecule has 1 amide bonds. The molecule has 0 bridgehead atoms. The highest BCUT2D eigenvalue weighted by atomic mass is 19.4. The van der Waals surface area contributed by atoms with Crippen molar-refractivity contribution in [2.75, 3.05) is 7.05 Å². The Labute approximate surface area is 186 Å². The van der Waals surface area contributed by atoms with Crippen LogP contribution in [-0.4, -0.2) is 38.8 Å². The highest BCUT2D eigenvalue weighted by molar-refractivity contribution is 5.99. The number of pyridine rings is 1. The van der Waals surface area contributed by atoms with Crippen LogP contribution in [0, 0.1) is 22.6 Å². The topological polar surface area (TPSA) is 74.8 Å². The quantitative estimate of drug-likeness (QED) is 0.541. The molecule has 1 aromatic carbocycles. The Bertz CT molecular complexity index is 1330. The molecule has 10 heteroatoms. The molecule has 1 fully saturated rings. The number of hydrogen-bond acceptors (Lipinski definition) is 4. The van der Waals surface area contributed by atoms with Gasteiger partial charge < -0.3 is 4.90 Å². The SMILES string of the molecule is CN1Cc2ccc(-c3nc(C#N)c(F)cc3-c3cnn(CC4(C(F)(F)F)CC4)c3)cc2C1=O. The summed E-state index contributed by atoms with van der Waals surface area (Å²) in [7, 11) is 1.68. The number of carbonyl (C=O) groups is 1. The second-order valence-electron chi connectivity index (χ2n) is 8.56. The van der Waals surface area contributed by atoms with Crippen molar-refractivity contribution in [3.05, 3.63) is 59.3 Å². The average Bonchev–Trinajstić information content (AvgIpc) is 3.33. The second-order valence-corrected chi connectivity index (χ2v) is 8.56. The van der Waals surface area contributed by atoms with Gasteiger partial charge in [-0.2, -0.15) is 23.5 Å². The Hall–Kier alpha value is -3.74. The Balaban J connectivity index is 1.58. The fraction of sp³-hybridized carbons (Fsp3) is 0.304. The molecule has 3 heterocycles. The fourth-order valence-electron chi connectivity index (χ4n) is 4.18. The van der Waals surface area contributed by atoms with Crippen LogP contribution in [-0.2, 0) is 13.1 Å². The number of hydrogen-bond donors (Lipinski definition) is 0. The third kappa shape index (κ3) is 3.44. The summed E-state index contributed by atoms with van der Waals surface area (Å²) in [6.45, 7) is 0.146. The minimum Gasteiger partial charge on any atom is -0.337 e. The van der Waals surface area contributed by atoms with E-state index in [-0.39, 0.29) is 36.6 Å². The van der Waals surface area contributed by atoms with Crippen molar-refractivity contribution in [2.24, 2.45) is 5.41 Å². The zero-order valence-corrected chi connectivity index (χ0v) is 17.4. The van der Waals surface area contributed by atoms with Crippen molar-refractivity contribution in [2.45, 2.75) is 32.1 Å². The van der Waals surface area contributed by atoms with Gasteiger partial charge in [0.2, 0.25) is 0 Å². The van der Waals surface area contributed by atoms with Gasteiger partial charge in [0, 0.05) is 42.0 Å². The molecular weight excluding hydrogens is 438 g/mol. The lowest BCUT2D eigenvalue weighted by Gasteiger charge is -2.18. The smallest absolute Gasteiger partial charge is 0.337 e. The fourth-order valence-corrected chi connectivity index (χ4v) is 4.18. The molecule has 0 saturated heterocycles. The number of rotatable bonds is 4. The number of aromatic nitrogens is 3. The zero-order chi connectivity index (χ0) is 23.5. The van der Waals surface area contributed by atoms with E-state index in [1.807, 2.05) is 0 Å². The normalized spacial score (nSPS) is 16.6. The van der Waals surface area contributed by atoms with E-state index < -0.39 is 23.1 Å². The lowest BCUT2D eigenvalue weighted by Crippen LogP contribution is -2.29. The number of carbonyl (C=O) groups excluding carboxylic acids is 1. The van der Waals surface area contributed by atoms with Crippen LogP contribution in [0.2, 0.25) is 0 Å². The maximum absolute atomic E-state index is 14.5. The van der Waals surface area contributed by atoms with Crippen LogP contribution in [0.25, 0.3) is 22.4 Å². The predicted octanol–water partition coefficient (Wildman–Crippen LogP) is 4.55. The molecular formula is C23H17F4N5O. The van der Waals surface area contributed by atoms with E-state index in [0.717, 1.165) is 11.6 Å². The van der Waals surface area contributed by atoms with Crippen LogP contribution in [0.5, 0.6) is 0 Å². The molecule has 5 rings (SSSR count). The first-order valence-corrected chi connectivity index (χ1v) is 10.2. The minimum absolute atomic E-state index is 0.0432. The molecule has 1 aliphatic heterocycles. The van der Waals surface area contributed by atoms with E-state index in [9.17, 15) is 27.6 Å². The van der Waals surface area contributed by atoms with Crippen LogP contribution < -0.4 is 0 Å². The maximum Gasteiger partial charge on any atom is 0.396 e. The molecule has 3 aromatic rings. The lowest BCUT2D eigenvalue weighted by atomic mass is 9.98. The van der Waals surface area contributed by atoms with Gasteiger partial charge in [-0.15, -0.1) is 0 Å². The number of fused-ring (bicyclic) bond motifs is 1. The summed E-state index contributed by atoms with van der Waals surface area (Å²) < 4.78 is 55.7. The van der Waals surface area contributed by atoms with Crippen molar-refractivity contribution < 1.29 is 22.4 Å².